The summed E-state index contributed by atoms with van der Waals surface area (Å²) in [7, 11) is 1.74. The van der Waals surface area contributed by atoms with E-state index in [-0.39, 0.29) is 5.91 Å². The van der Waals surface area contributed by atoms with Crippen molar-refractivity contribution >= 4 is 23.3 Å². The zero-order valence-electron chi connectivity index (χ0n) is 13.8. The molecule has 5 heteroatoms. The van der Waals surface area contributed by atoms with Gasteiger partial charge in [0.1, 0.15) is 0 Å². The van der Waals surface area contributed by atoms with Crippen LogP contribution in [0.25, 0.3) is 0 Å². The molecule has 2 aromatic carbocycles. The van der Waals surface area contributed by atoms with Crippen molar-refractivity contribution in [3.05, 3.63) is 59.7 Å². The predicted molar refractivity (Wildman–Crippen MR) is 93.4 cm³/mol. The van der Waals surface area contributed by atoms with E-state index in [2.05, 4.69) is 5.32 Å². The molecule has 1 aliphatic rings. The van der Waals surface area contributed by atoms with E-state index in [1.165, 1.54) is 0 Å². The molecule has 0 aromatic heterocycles. The second-order valence-corrected chi connectivity index (χ2v) is 5.71. The Bertz CT molecular complexity index is 773. The molecule has 2 aromatic rings. The van der Waals surface area contributed by atoms with Crippen LogP contribution in [0.5, 0.6) is 0 Å². The number of amides is 1. The number of benzene rings is 2. The number of anilines is 2. The lowest BCUT2D eigenvalue weighted by Gasteiger charge is -2.22. The minimum atomic E-state index is -0.839. The molecule has 0 saturated carbocycles. The number of hydrogen-bond donors (Lipinski definition) is 1. The van der Waals surface area contributed by atoms with Crippen molar-refractivity contribution in [2.75, 3.05) is 23.8 Å². The Kier molecular flexibility index (Phi) is 4.51. The van der Waals surface area contributed by atoms with Crippen LogP contribution in [0.15, 0.2) is 48.5 Å². The number of rotatable bonds is 4. The van der Waals surface area contributed by atoms with Gasteiger partial charge in [-0.3, -0.25) is 4.79 Å². The molecule has 1 heterocycles. The number of nitrogens with one attached hydrogen (secondary N) is 1. The number of nitrogens with zero attached hydrogens (tertiary/aromatic N) is 1. The number of ether oxygens (including phenoxy) is 1. The number of para-hydroxylation sites is 2. The third-order valence-corrected chi connectivity index (χ3v) is 4.20. The number of carbonyl (C=O) groups excluding carboxylic acids is 2. The minimum absolute atomic E-state index is 0.199. The van der Waals surface area contributed by atoms with Gasteiger partial charge in [0.05, 0.1) is 5.56 Å². The Hall–Kier alpha value is -2.82. The fourth-order valence-electron chi connectivity index (χ4n) is 2.94. The highest BCUT2D eigenvalue weighted by Gasteiger charge is 2.30. The van der Waals surface area contributed by atoms with Gasteiger partial charge in [-0.2, -0.15) is 0 Å². The Morgan fingerprint density at radius 2 is 1.83 bits per heavy atom. The Labute approximate surface area is 141 Å². The molecule has 0 spiro atoms. The average Bonchev–Trinajstić information content (AvgIpc) is 3.04. The number of esters is 1. The summed E-state index contributed by atoms with van der Waals surface area (Å²) < 4.78 is 5.40. The standard InChI is InChI=1S/C19H20N2O3/c1-13(24-19(23)15-8-4-5-9-16(15)20-2)18(22)21-12-11-14-7-3-6-10-17(14)21/h3-10,13,20H,11-12H2,1-2H3/t13-/m0/s1. The molecule has 5 nitrogen and oxygen atoms in total. The van der Waals surface area contributed by atoms with E-state index >= 15 is 0 Å². The zero-order valence-corrected chi connectivity index (χ0v) is 13.8. The molecule has 0 radical (unpaired) electrons. The molecule has 124 valence electrons. The van der Waals surface area contributed by atoms with Crippen molar-refractivity contribution in [1.29, 1.82) is 0 Å². The third-order valence-electron chi connectivity index (χ3n) is 4.20. The highest BCUT2D eigenvalue weighted by atomic mass is 16.5. The summed E-state index contributed by atoms with van der Waals surface area (Å²) in [5.74, 6) is -0.705. The smallest absolute Gasteiger partial charge is 0.341 e. The molecule has 1 N–H and O–H groups in total. The first-order valence-corrected chi connectivity index (χ1v) is 7.99. The van der Waals surface area contributed by atoms with Crippen molar-refractivity contribution in [3.63, 3.8) is 0 Å². The summed E-state index contributed by atoms with van der Waals surface area (Å²) in [5, 5.41) is 2.95. The average molecular weight is 324 g/mol. The lowest BCUT2D eigenvalue weighted by Crippen LogP contribution is -2.39. The molecule has 0 bridgehead atoms. The Morgan fingerprint density at radius 1 is 1.12 bits per heavy atom. The van der Waals surface area contributed by atoms with E-state index in [1.54, 1.807) is 37.1 Å². The summed E-state index contributed by atoms with van der Waals surface area (Å²) in [4.78, 5) is 26.7. The van der Waals surface area contributed by atoms with E-state index in [0.717, 1.165) is 17.7 Å². The largest absolute Gasteiger partial charge is 0.449 e. The Morgan fingerprint density at radius 3 is 2.62 bits per heavy atom. The predicted octanol–water partition coefficient (Wildman–Crippen LogP) is 2.86. The van der Waals surface area contributed by atoms with Gasteiger partial charge in [-0.1, -0.05) is 30.3 Å². The quantitative estimate of drug-likeness (QED) is 0.879. The maximum absolute atomic E-state index is 12.7. The topological polar surface area (TPSA) is 58.6 Å². The summed E-state index contributed by atoms with van der Waals surface area (Å²) in [6.07, 6.45) is -0.0147. The lowest BCUT2D eigenvalue weighted by molar-refractivity contribution is -0.126. The van der Waals surface area contributed by atoms with Gasteiger partial charge in [-0.15, -0.1) is 0 Å². The minimum Gasteiger partial charge on any atom is -0.449 e. The molecular weight excluding hydrogens is 304 g/mol. The second kappa shape index (κ2) is 6.74. The highest BCUT2D eigenvalue weighted by molar-refractivity contribution is 6.01. The second-order valence-electron chi connectivity index (χ2n) is 5.71. The molecular formula is C19H20N2O3. The molecule has 1 aliphatic heterocycles. The van der Waals surface area contributed by atoms with Crippen molar-refractivity contribution in [1.82, 2.24) is 0 Å². The van der Waals surface area contributed by atoms with Crippen LogP contribution >= 0.6 is 0 Å². The van der Waals surface area contributed by atoms with Crippen LogP contribution in [0.3, 0.4) is 0 Å². The van der Waals surface area contributed by atoms with Gasteiger partial charge in [0.2, 0.25) is 0 Å². The fraction of sp³-hybridized carbons (Fsp3) is 0.263. The Balaban J connectivity index is 1.72. The van der Waals surface area contributed by atoms with Gasteiger partial charge in [-0.05, 0) is 37.1 Å². The summed E-state index contributed by atoms with van der Waals surface area (Å²) >= 11 is 0. The van der Waals surface area contributed by atoms with Crippen molar-refractivity contribution in [2.45, 2.75) is 19.4 Å². The normalized spacial score (nSPS) is 14.0. The van der Waals surface area contributed by atoms with Gasteiger partial charge in [0.15, 0.2) is 6.10 Å². The highest BCUT2D eigenvalue weighted by Crippen LogP contribution is 2.28. The van der Waals surface area contributed by atoms with Crippen molar-refractivity contribution in [3.8, 4) is 0 Å². The maximum Gasteiger partial charge on any atom is 0.341 e. The molecule has 1 amide bonds. The van der Waals surface area contributed by atoms with E-state index < -0.39 is 12.1 Å². The van der Waals surface area contributed by atoms with Crippen LogP contribution in [0, 0.1) is 0 Å². The molecule has 24 heavy (non-hydrogen) atoms. The van der Waals surface area contributed by atoms with E-state index in [9.17, 15) is 9.59 Å². The van der Waals surface area contributed by atoms with Crippen LogP contribution < -0.4 is 10.2 Å². The van der Waals surface area contributed by atoms with E-state index in [0.29, 0.717) is 17.8 Å². The summed E-state index contributed by atoms with van der Waals surface area (Å²) in [6, 6.07) is 14.9. The first kappa shape index (κ1) is 16.1. The van der Waals surface area contributed by atoms with E-state index in [4.69, 9.17) is 4.74 Å². The fourth-order valence-corrected chi connectivity index (χ4v) is 2.94. The van der Waals surface area contributed by atoms with Crippen LogP contribution in [-0.2, 0) is 16.0 Å². The van der Waals surface area contributed by atoms with Gasteiger partial charge >= 0.3 is 5.97 Å². The van der Waals surface area contributed by atoms with Crippen molar-refractivity contribution in [2.24, 2.45) is 0 Å². The molecule has 0 fully saturated rings. The molecule has 0 saturated heterocycles. The maximum atomic E-state index is 12.7. The molecule has 0 aliphatic carbocycles. The SMILES string of the molecule is CNc1ccccc1C(=O)O[C@@H](C)C(=O)N1CCc2ccccc21. The van der Waals surface area contributed by atoms with Gasteiger partial charge in [0.25, 0.3) is 5.91 Å². The molecule has 0 unspecified atom stereocenters. The van der Waals surface area contributed by atoms with Gasteiger partial charge in [0, 0.05) is 25.0 Å². The van der Waals surface area contributed by atoms with Crippen molar-refractivity contribution < 1.29 is 14.3 Å². The summed E-state index contributed by atoms with van der Waals surface area (Å²) in [6.45, 7) is 2.23. The first-order chi connectivity index (χ1) is 11.6. The third kappa shape index (κ3) is 2.97. The van der Waals surface area contributed by atoms with Gasteiger partial charge in [-0.25, -0.2) is 4.79 Å². The van der Waals surface area contributed by atoms with Gasteiger partial charge < -0.3 is 15.0 Å². The van der Waals surface area contributed by atoms with Crippen LogP contribution in [0.1, 0.15) is 22.8 Å². The number of hydrogen-bond acceptors (Lipinski definition) is 4. The first-order valence-electron chi connectivity index (χ1n) is 7.99. The monoisotopic (exact) mass is 324 g/mol. The number of fused-ring (bicyclic) bond motifs is 1. The lowest BCUT2D eigenvalue weighted by atomic mass is 10.1. The zero-order chi connectivity index (χ0) is 17.1. The van der Waals surface area contributed by atoms with Crippen LogP contribution in [-0.4, -0.2) is 31.6 Å². The van der Waals surface area contributed by atoms with E-state index in [1.807, 2.05) is 30.3 Å². The number of carbonyl (C=O) groups is 2. The summed E-state index contributed by atoms with van der Waals surface area (Å²) in [5.41, 5.74) is 3.14. The molecule has 3 rings (SSSR count). The van der Waals surface area contributed by atoms with Crippen LogP contribution in [0.2, 0.25) is 0 Å². The van der Waals surface area contributed by atoms with Crippen LogP contribution in [0.4, 0.5) is 11.4 Å². The molecule has 1 atom stereocenters.